The van der Waals surface area contributed by atoms with Crippen LogP contribution in [-0.4, -0.2) is 46.3 Å². The largest absolute Gasteiger partial charge is 0.399 e. The Labute approximate surface area is 118 Å². The molecule has 0 aromatic heterocycles. The molecule has 1 amide bonds. The Balaban J connectivity index is 2.62. The van der Waals surface area contributed by atoms with Gasteiger partial charge in [-0.2, -0.15) is 0 Å². The highest BCUT2D eigenvalue weighted by atomic mass is 32.2. The summed E-state index contributed by atoms with van der Waals surface area (Å²) < 4.78 is 45.0. The summed E-state index contributed by atoms with van der Waals surface area (Å²) in [4.78, 5) is 11.6. The third-order valence-electron chi connectivity index (χ3n) is 2.29. The maximum absolute atomic E-state index is 11.6. The van der Waals surface area contributed by atoms with Gasteiger partial charge in [0.15, 0.2) is 9.84 Å². The van der Waals surface area contributed by atoms with Gasteiger partial charge in [-0.25, -0.2) is 16.8 Å². The predicted octanol–water partition coefficient (Wildman–Crippen LogP) is -0.333. The van der Waals surface area contributed by atoms with Crippen molar-refractivity contribution in [3.8, 4) is 0 Å². The van der Waals surface area contributed by atoms with Gasteiger partial charge in [-0.05, 0) is 18.2 Å². The molecule has 1 rings (SSSR count). The third-order valence-corrected chi connectivity index (χ3v) is 5.02. The van der Waals surface area contributed by atoms with Crippen molar-refractivity contribution in [1.82, 2.24) is 0 Å². The van der Waals surface area contributed by atoms with E-state index < -0.39 is 42.8 Å². The fraction of sp³-hybridized carbons (Fsp3) is 0.364. The van der Waals surface area contributed by atoms with E-state index in [1.165, 1.54) is 6.07 Å². The van der Waals surface area contributed by atoms with E-state index >= 15 is 0 Å². The van der Waals surface area contributed by atoms with E-state index in [2.05, 4.69) is 5.32 Å². The van der Waals surface area contributed by atoms with Crippen LogP contribution >= 0.6 is 0 Å². The molecule has 112 valence electrons. The number of carbonyl (C=O) groups excluding carboxylic acids is 1. The zero-order valence-electron chi connectivity index (χ0n) is 10.9. The second kappa shape index (κ2) is 6.23. The van der Waals surface area contributed by atoms with E-state index in [0.717, 1.165) is 6.26 Å². The van der Waals surface area contributed by atoms with Gasteiger partial charge in [0.2, 0.25) is 5.91 Å². The molecular formula is C11H16N2O5S2. The van der Waals surface area contributed by atoms with Crippen LogP contribution in [0.2, 0.25) is 0 Å². The lowest BCUT2D eigenvalue weighted by atomic mass is 10.3. The zero-order valence-corrected chi connectivity index (χ0v) is 12.5. The van der Waals surface area contributed by atoms with Crippen LogP contribution in [0.4, 0.5) is 11.4 Å². The van der Waals surface area contributed by atoms with E-state index in [-0.39, 0.29) is 0 Å². The highest BCUT2D eigenvalue weighted by molar-refractivity contribution is 7.95. The lowest BCUT2D eigenvalue weighted by Crippen LogP contribution is -2.27. The third kappa shape index (κ3) is 6.53. The first-order chi connectivity index (χ1) is 9.07. The highest BCUT2D eigenvalue weighted by Crippen LogP contribution is 2.11. The molecule has 0 spiro atoms. The first kappa shape index (κ1) is 16.4. The summed E-state index contributed by atoms with van der Waals surface area (Å²) in [5, 5.41) is 2.39. The predicted molar refractivity (Wildman–Crippen MR) is 77.8 cm³/mol. The molecule has 0 saturated carbocycles. The van der Waals surface area contributed by atoms with Gasteiger partial charge in [-0.15, -0.1) is 0 Å². The summed E-state index contributed by atoms with van der Waals surface area (Å²) >= 11 is 0. The minimum absolute atomic E-state index is 0.383. The number of rotatable bonds is 6. The Morgan fingerprint density at radius 2 is 1.85 bits per heavy atom. The zero-order chi connectivity index (χ0) is 15.4. The van der Waals surface area contributed by atoms with Crippen LogP contribution in [0.5, 0.6) is 0 Å². The molecule has 0 radical (unpaired) electrons. The average Bonchev–Trinajstić information content (AvgIpc) is 2.24. The summed E-state index contributed by atoms with van der Waals surface area (Å²) in [6.07, 6.45) is 0.940. The molecule has 0 unspecified atom stereocenters. The summed E-state index contributed by atoms with van der Waals surface area (Å²) in [7, 11) is -7.15. The van der Waals surface area contributed by atoms with Crippen LogP contribution in [0.1, 0.15) is 0 Å². The SMILES string of the molecule is CS(=O)(=O)CCS(=O)(=O)CC(=O)Nc1cccc(N)c1. The van der Waals surface area contributed by atoms with Crippen molar-refractivity contribution < 1.29 is 21.6 Å². The van der Waals surface area contributed by atoms with Gasteiger partial charge in [-0.3, -0.25) is 4.79 Å². The fourth-order valence-corrected chi connectivity index (χ4v) is 4.21. The molecule has 0 heterocycles. The number of amides is 1. The molecule has 9 heteroatoms. The van der Waals surface area contributed by atoms with Gasteiger partial charge >= 0.3 is 0 Å². The number of hydrogen-bond acceptors (Lipinski definition) is 6. The summed E-state index contributed by atoms with van der Waals surface area (Å²) in [5.41, 5.74) is 6.34. The van der Waals surface area contributed by atoms with Gasteiger partial charge in [-0.1, -0.05) is 6.07 Å². The standard InChI is InChI=1S/C11H16N2O5S2/c1-19(15,16)5-6-20(17,18)8-11(14)13-10-4-2-3-9(12)7-10/h2-4,7H,5-6,8,12H2,1H3,(H,13,14). The van der Waals surface area contributed by atoms with E-state index in [0.29, 0.717) is 11.4 Å². The second-order valence-electron chi connectivity index (χ2n) is 4.40. The van der Waals surface area contributed by atoms with Gasteiger partial charge in [0.1, 0.15) is 15.6 Å². The quantitative estimate of drug-likeness (QED) is 0.692. The number of nitrogens with one attached hydrogen (secondary N) is 1. The molecule has 0 atom stereocenters. The van der Waals surface area contributed by atoms with Crippen molar-refractivity contribution in [1.29, 1.82) is 0 Å². The Morgan fingerprint density at radius 3 is 2.40 bits per heavy atom. The summed E-state index contributed by atoms with van der Waals surface area (Å²) in [5.74, 6) is -2.57. The normalized spacial score (nSPS) is 12.1. The van der Waals surface area contributed by atoms with Crippen LogP contribution in [0.3, 0.4) is 0 Å². The van der Waals surface area contributed by atoms with Crippen molar-refractivity contribution >= 4 is 37.0 Å². The van der Waals surface area contributed by atoms with Crippen molar-refractivity contribution in [2.75, 3.05) is 34.6 Å². The van der Waals surface area contributed by atoms with Crippen LogP contribution in [-0.2, 0) is 24.5 Å². The average molecular weight is 320 g/mol. The van der Waals surface area contributed by atoms with Crippen LogP contribution in [0.25, 0.3) is 0 Å². The molecule has 20 heavy (non-hydrogen) atoms. The molecule has 0 saturated heterocycles. The number of anilines is 2. The van der Waals surface area contributed by atoms with Crippen LogP contribution in [0.15, 0.2) is 24.3 Å². The molecular weight excluding hydrogens is 304 g/mol. The summed E-state index contributed by atoms with van der Waals surface area (Å²) in [6, 6.07) is 6.29. The van der Waals surface area contributed by atoms with Gasteiger partial charge in [0, 0.05) is 17.6 Å². The van der Waals surface area contributed by atoms with E-state index in [9.17, 15) is 21.6 Å². The van der Waals surface area contributed by atoms with Gasteiger partial charge in [0.25, 0.3) is 0 Å². The number of sulfone groups is 2. The van der Waals surface area contributed by atoms with Gasteiger partial charge < -0.3 is 11.1 Å². The maximum atomic E-state index is 11.6. The van der Waals surface area contributed by atoms with Crippen molar-refractivity contribution in [2.45, 2.75) is 0 Å². The Hall–Kier alpha value is -1.61. The minimum Gasteiger partial charge on any atom is -0.399 e. The smallest absolute Gasteiger partial charge is 0.239 e. The Morgan fingerprint density at radius 1 is 1.20 bits per heavy atom. The van der Waals surface area contributed by atoms with E-state index in [1.54, 1.807) is 18.2 Å². The number of hydrogen-bond donors (Lipinski definition) is 2. The van der Waals surface area contributed by atoms with E-state index in [4.69, 9.17) is 5.73 Å². The van der Waals surface area contributed by atoms with E-state index in [1.807, 2.05) is 0 Å². The number of carbonyl (C=O) groups is 1. The summed E-state index contributed by atoms with van der Waals surface area (Å²) in [6.45, 7) is 0. The molecule has 7 nitrogen and oxygen atoms in total. The first-order valence-corrected chi connectivity index (χ1v) is 9.49. The molecule has 3 N–H and O–H groups in total. The highest BCUT2D eigenvalue weighted by Gasteiger charge is 2.19. The lowest BCUT2D eigenvalue weighted by molar-refractivity contribution is -0.113. The second-order valence-corrected chi connectivity index (χ2v) is 8.84. The molecule has 0 aliphatic heterocycles. The van der Waals surface area contributed by atoms with Gasteiger partial charge in [0.05, 0.1) is 11.5 Å². The van der Waals surface area contributed by atoms with Crippen LogP contribution < -0.4 is 11.1 Å². The fourth-order valence-electron chi connectivity index (χ4n) is 1.36. The topological polar surface area (TPSA) is 123 Å². The maximum Gasteiger partial charge on any atom is 0.239 e. The molecule has 0 fully saturated rings. The molecule has 0 bridgehead atoms. The molecule has 0 aliphatic carbocycles. The first-order valence-electron chi connectivity index (χ1n) is 5.61. The van der Waals surface area contributed by atoms with Crippen molar-refractivity contribution in [3.63, 3.8) is 0 Å². The molecule has 1 aromatic rings. The van der Waals surface area contributed by atoms with Crippen molar-refractivity contribution in [3.05, 3.63) is 24.3 Å². The molecule has 1 aromatic carbocycles. The Bertz CT molecular complexity index is 695. The monoisotopic (exact) mass is 320 g/mol. The minimum atomic E-state index is -3.77. The number of nitrogen functional groups attached to an aromatic ring is 1. The van der Waals surface area contributed by atoms with Crippen LogP contribution in [0, 0.1) is 0 Å². The van der Waals surface area contributed by atoms with Crippen molar-refractivity contribution in [2.24, 2.45) is 0 Å². The Kier molecular flexibility index (Phi) is 5.12. The molecule has 0 aliphatic rings. The lowest BCUT2D eigenvalue weighted by Gasteiger charge is -2.06. The number of nitrogens with two attached hydrogens (primary N) is 1. The number of benzene rings is 1.